The van der Waals surface area contributed by atoms with E-state index >= 15 is 0 Å². The summed E-state index contributed by atoms with van der Waals surface area (Å²) in [4.78, 5) is 5.28. The Morgan fingerprint density at radius 1 is 1.14 bits per heavy atom. The van der Waals surface area contributed by atoms with E-state index in [2.05, 4.69) is 46.8 Å². The molecule has 2 aromatic rings. The van der Waals surface area contributed by atoms with Crippen molar-refractivity contribution in [3.05, 3.63) is 54.4 Å². The van der Waals surface area contributed by atoms with Crippen molar-refractivity contribution in [3.8, 4) is 0 Å². The van der Waals surface area contributed by atoms with Crippen molar-refractivity contribution in [2.24, 2.45) is 0 Å². The molecule has 3 nitrogen and oxygen atoms in total. The Labute approximate surface area is 135 Å². The van der Waals surface area contributed by atoms with Crippen LogP contribution in [0.2, 0.25) is 0 Å². The summed E-state index contributed by atoms with van der Waals surface area (Å²) < 4.78 is 0. The molecule has 1 aromatic heterocycles. The van der Waals surface area contributed by atoms with Gasteiger partial charge >= 0.3 is 0 Å². The zero-order valence-electron chi connectivity index (χ0n) is 12.0. The van der Waals surface area contributed by atoms with E-state index in [4.69, 9.17) is 12.2 Å². The molecule has 5 heteroatoms. The molecule has 1 aromatic carbocycles. The van der Waals surface area contributed by atoms with Gasteiger partial charge < -0.3 is 10.6 Å². The number of nitrogens with one attached hydrogen (secondary N) is 2. The van der Waals surface area contributed by atoms with Crippen LogP contribution in [0.4, 0.5) is 5.69 Å². The lowest BCUT2D eigenvalue weighted by atomic mass is 10.2. The number of hydrogen-bond donors (Lipinski definition) is 2. The van der Waals surface area contributed by atoms with Crippen molar-refractivity contribution in [2.45, 2.75) is 18.2 Å². The topological polar surface area (TPSA) is 37.0 Å². The van der Waals surface area contributed by atoms with Crippen molar-refractivity contribution in [3.63, 3.8) is 0 Å². The third-order valence-electron chi connectivity index (χ3n) is 2.83. The molecule has 0 fully saturated rings. The van der Waals surface area contributed by atoms with Gasteiger partial charge in [0.05, 0.1) is 0 Å². The number of thiocarbonyl (C=S) groups is 1. The predicted molar refractivity (Wildman–Crippen MR) is 95.0 cm³/mol. The largest absolute Gasteiger partial charge is 0.362 e. The summed E-state index contributed by atoms with van der Waals surface area (Å²) in [5, 5.41) is 7.00. The van der Waals surface area contributed by atoms with E-state index in [1.54, 1.807) is 12.4 Å². The lowest BCUT2D eigenvalue weighted by Crippen LogP contribution is -2.29. The number of nitrogens with zero attached hydrogens (tertiary/aromatic N) is 1. The van der Waals surface area contributed by atoms with Crippen LogP contribution in [0, 0.1) is 6.92 Å². The predicted octanol–water partition coefficient (Wildman–Crippen LogP) is 3.86. The molecule has 0 saturated heterocycles. The first-order valence-corrected chi connectivity index (χ1v) is 8.28. The summed E-state index contributed by atoms with van der Waals surface area (Å²) in [6.07, 6.45) is 4.54. The minimum atomic E-state index is 0.654. The van der Waals surface area contributed by atoms with Crippen molar-refractivity contribution in [1.82, 2.24) is 10.3 Å². The van der Waals surface area contributed by atoms with Gasteiger partial charge in [0, 0.05) is 29.5 Å². The van der Waals surface area contributed by atoms with Gasteiger partial charge in [-0.3, -0.25) is 4.98 Å². The van der Waals surface area contributed by atoms with E-state index in [1.807, 2.05) is 23.9 Å². The Bertz CT molecular complexity index is 555. The molecule has 21 heavy (non-hydrogen) atoms. The highest BCUT2D eigenvalue weighted by Crippen LogP contribution is 2.18. The maximum Gasteiger partial charge on any atom is 0.170 e. The molecule has 0 bridgehead atoms. The van der Waals surface area contributed by atoms with Crippen molar-refractivity contribution >= 4 is 34.8 Å². The molecule has 0 aliphatic heterocycles. The van der Waals surface area contributed by atoms with Crippen LogP contribution in [0.1, 0.15) is 12.0 Å². The number of hydrogen-bond acceptors (Lipinski definition) is 3. The molecule has 0 radical (unpaired) electrons. The monoisotopic (exact) mass is 317 g/mol. The Morgan fingerprint density at radius 2 is 1.86 bits per heavy atom. The van der Waals surface area contributed by atoms with E-state index in [9.17, 15) is 0 Å². The quantitative estimate of drug-likeness (QED) is 0.481. The zero-order valence-corrected chi connectivity index (χ0v) is 13.6. The molecule has 0 saturated carbocycles. The van der Waals surface area contributed by atoms with Crippen LogP contribution in [0.15, 0.2) is 53.7 Å². The van der Waals surface area contributed by atoms with Crippen LogP contribution in [-0.4, -0.2) is 22.4 Å². The van der Waals surface area contributed by atoms with Gasteiger partial charge in [0.25, 0.3) is 0 Å². The number of rotatable bonds is 6. The van der Waals surface area contributed by atoms with Gasteiger partial charge in [-0.2, -0.15) is 0 Å². The van der Waals surface area contributed by atoms with Crippen LogP contribution < -0.4 is 10.6 Å². The highest BCUT2D eigenvalue weighted by atomic mass is 32.2. The number of aromatic nitrogens is 1. The van der Waals surface area contributed by atoms with E-state index in [0.29, 0.717) is 5.11 Å². The van der Waals surface area contributed by atoms with Gasteiger partial charge in [0.15, 0.2) is 5.11 Å². The van der Waals surface area contributed by atoms with Gasteiger partial charge in [0.2, 0.25) is 0 Å². The fourth-order valence-corrected chi connectivity index (χ4v) is 2.78. The number of pyridine rings is 1. The first-order valence-electron chi connectivity index (χ1n) is 6.88. The maximum absolute atomic E-state index is 5.24. The van der Waals surface area contributed by atoms with Crippen molar-refractivity contribution in [2.75, 3.05) is 17.6 Å². The molecular formula is C16H19N3S2. The molecule has 0 spiro atoms. The lowest BCUT2D eigenvalue weighted by Gasteiger charge is -2.10. The minimum absolute atomic E-state index is 0.654. The normalized spacial score (nSPS) is 10.1. The van der Waals surface area contributed by atoms with Crippen LogP contribution >= 0.6 is 24.0 Å². The van der Waals surface area contributed by atoms with Crippen LogP contribution in [0.25, 0.3) is 0 Å². The van der Waals surface area contributed by atoms with Crippen molar-refractivity contribution < 1.29 is 0 Å². The van der Waals surface area contributed by atoms with E-state index in [1.165, 1.54) is 10.5 Å². The summed E-state index contributed by atoms with van der Waals surface area (Å²) in [5.74, 6) is 1.08. The fourth-order valence-electron chi connectivity index (χ4n) is 1.71. The second kappa shape index (κ2) is 8.64. The van der Waals surface area contributed by atoms with E-state index < -0.39 is 0 Å². The van der Waals surface area contributed by atoms with E-state index in [0.717, 1.165) is 24.4 Å². The van der Waals surface area contributed by atoms with Gasteiger partial charge in [-0.1, -0.05) is 17.7 Å². The third kappa shape index (κ3) is 6.14. The Morgan fingerprint density at radius 3 is 2.57 bits per heavy atom. The highest BCUT2D eigenvalue weighted by Gasteiger charge is 1.97. The molecule has 0 unspecified atom stereocenters. The lowest BCUT2D eigenvalue weighted by molar-refractivity contribution is 0.854. The first kappa shape index (κ1) is 15.8. The summed E-state index contributed by atoms with van der Waals surface area (Å²) in [6.45, 7) is 2.98. The number of thioether (sulfide) groups is 1. The average molecular weight is 317 g/mol. The van der Waals surface area contributed by atoms with Gasteiger partial charge in [-0.05, 0) is 55.6 Å². The smallest absolute Gasteiger partial charge is 0.170 e. The van der Waals surface area contributed by atoms with E-state index in [-0.39, 0.29) is 0 Å². The maximum atomic E-state index is 5.24. The molecule has 0 amide bonds. The van der Waals surface area contributed by atoms with Crippen LogP contribution in [-0.2, 0) is 0 Å². The number of anilines is 1. The third-order valence-corrected chi connectivity index (χ3v) is 4.18. The number of aryl methyl sites for hydroxylation is 1. The van der Waals surface area contributed by atoms with Crippen molar-refractivity contribution in [1.29, 1.82) is 0 Å². The zero-order chi connectivity index (χ0) is 14.9. The SMILES string of the molecule is Cc1ccc(SCCCNC(=S)Nc2ccncc2)cc1. The summed E-state index contributed by atoms with van der Waals surface area (Å²) >= 11 is 7.12. The Balaban J connectivity index is 1.59. The standard InChI is InChI=1S/C16H19N3S2/c1-13-3-5-15(6-4-13)21-12-2-9-18-16(20)19-14-7-10-17-11-8-14/h3-8,10-11H,2,9,12H2,1H3,(H2,17,18,19,20). The second-order valence-corrected chi connectivity index (χ2v) is 6.21. The van der Waals surface area contributed by atoms with Gasteiger partial charge in [0.1, 0.15) is 0 Å². The van der Waals surface area contributed by atoms with Crippen LogP contribution in [0.3, 0.4) is 0 Å². The molecule has 1 heterocycles. The molecule has 2 N–H and O–H groups in total. The Hall–Kier alpha value is -1.59. The Kier molecular flexibility index (Phi) is 6.50. The summed E-state index contributed by atoms with van der Waals surface area (Å²) in [6, 6.07) is 12.4. The first-order chi connectivity index (χ1) is 10.2. The summed E-state index contributed by atoms with van der Waals surface area (Å²) in [5.41, 5.74) is 2.25. The highest BCUT2D eigenvalue weighted by molar-refractivity contribution is 7.99. The molecular weight excluding hydrogens is 298 g/mol. The second-order valence-electron chi connectivity index (χ2n) is 4.63. The number of benzene rings is 1. The van der Waals surface area contributed by atoms with Gasteiger partial charge in [-0.25, -0.2) is 0 Å². The van der Waals surface area contributed by atoms with Crippen LogP contribution in [0.5, 0.6) is 0 Å². The fraction of sp³-hybridized carbons (Fsp3) is 0.250. The van der Waals surface area contributed by atoms with Gasteiger partial charge in [-0.15, -0.1) is 11.8 Å². The summed E-state index contributed by atoms with van der Waals surface area (Å²) in [7, 11) is 0. The molecule has 0 atom stereocenters. The molecule has 2 rings (SSSR count). The molecule has 0 aliphatic carbocycles. The minimum Gasteiger partial charge on any atom is -0.362 e. The molecule has 110 valence electrons. The molecule has 0 aliphatic rings. The average Bonchev–Trinajstić information content (AvgIpc) is 2.50.